The Bertz CT molecular complexity index is 655. The zero-order chi connectivity index (χ0) is 14.4. The number of carbonyl (C=O) groups excluding carboxylic acids is 1. The molecule has 0 aliphatic rings. The fourth-order valence-corrected chi connectivity index (χ4v) is 1.60. The lowest BCUT2D eigenvalue weighted by Crippen LogP contribution is -2.13. The molecule has 2 aromatic rings. The maximum Gasteiger partial charge on any atom is 0.274 e. The van der Waals surface area contributed by atoms with Crippen LogP contribution in [0.5, 0.6) is 0 Å². The summed E-state index contributed by atoms with van der Waals surface area (Å²) >= 11 is 5.77. The van der Waals surface area contributed by atoms with Gasteiger partial charge in [0, 0.05) is 22.5 Å². The van der Waals surface area contributed by atoms with Crippen molar-refractivity contribution in [3.8, 4) is 11.8 Å². The summed E-state index contributed by atoms with van der Waals surface area (Å²) < 4.78 is 0. The third-order valence-electron chi connectivity index (χ3n) is 2.41. The van der Waals surface area contributed by atoms with Crippen LogP contribution in [0.4, 0.5) is 5.69 Å². The minimum absolute atomic E-state index is 0.210. The SMILES string of the molecule is O=C(Nc1ccc(Cl)cc1)c1ccc(C#CCO)cn1. The van der Waals surface area contributed by atoms with Crippen molar-refractivity contribution < 1.29 is 9.90 Å². The highest BCUT2D eigenvalue weighted by Crippen LogP contribution is 2.14. The number of nitrogens with one attached hydrogen (secondary N) is 1. The average Bonchev–Trinajstić information content (AvgIpc) is 2.48. The average molecular weight is 287 g/mol. The van der Waals surface area contributed by atoms with Gasteiger partial charge in [-0.3, -0.25) is 4.79 Å². The Morgan fingerprint density at radius 3 is 2.60 bits per heavy atom. The Labute approximate surface area is 121 Å². The molecular formula is C15H11ClN2O2. The van der Waals surface area contributed by atoms with Crippen LogP contribution in [-0.2, 0) is 0 Å². The molecule has 0 unspecified atom stereocenters. The van der Waals surface area contributed by atoms with Gasteiger partial charge in [-0.25, -0.2) is 4.98 Å². The maximum atomic E-state index is 11.9. The van der Waals surface area contributed by atoms with E-state index in [4.69, 9.17) is 16.7 Å². The van der Waals surface area contributed by atoms with Crippen molar-refractivity contribution in [2.24, 2.45) is 0 Å². The lowest BCUT2D eigenvalue weighted by Gasteiger charge is -2.04. The van der Waals surface area contributed by atoms with Crippen molar-refractivity contribution >= 4 is 23.2 Å². The molecule has 0 bridgehead atoms. The molecule has 1 aromatic heterocycles. The molecule has 0 atom stereocenters. The van der Waals surface area contributed by atoms with Gasteiger partial charge in [0.2, 0.25) is 0 Å². The lowest BCUT2D eigenvalue weighted by atomic mass is 10.2. The van der Waals surface area contributed by atoms with E-state index in [9.17, 15) is 4.79 Å². The van der Waals surface area contributed by atoms with Gasteiger partial charge in [0.25, 0.3) is 5.91 Å². The first-order valence-corrected chi connectivity index (χ1v) is 6.19. The molecule has 1 aromatic carbocycles. The summed E-state index contributed by atoms with van der Waals surface area (Å²) in [7, 11) is 0. The van der Waals surface area contributed by atoms with Gasteiger partial charge in [0.1, 0.15) is 12.3 Å². The molecule has 5 heteroatoms. The van der Waals surface area contributed by atoms with Crippen LogP contribution >= 0.6 is 11.6 Å². The van der Waals surface area contributed by atoms with Gasteiger partial charge >= 0.3 is 0 Å². The van der Waals surface area contributed by atoms with Gasteiger partial charge < -0.3 is 10.4 Å². The Hall–Kier alpha value is -2.35. The fraction of sp³-hybridized carbons (Fsp3) is 0.0667. The van der Waals surface area contributed by atoms with Crippen LogP contribution in [0.3, 0.4) is 0 Å². The van der Waals surface area contributed by atoms with E-state index in [0.717, 1.165) is 0 Å². The molecule has 0 radical (unpaired) electrons. The number of halogens is 1. The van der Waals surface area contributed by atoms with Gasteiger partial charge in [0.05, 0.1) is 0 Å². The molecule has 0 aliphatic heterocycles. The highest BCUT2D eigenvalue weighted by molar-refractivity contribution is 6.30. The molecule has 2 N–H and O–H groups in total. The second-order valence-electron chi connectivity index (χ2n) is 3.85. The van der Waals surface area contributed by atoms with Crippen molar-refractivity contribution in [3.05, 3.63) is 58.9 Å². The zero-order valence-electron chi connectivity index (χ0n) is 10.4. The van der Waals surface area contributed by atoms with Crippen LogP contribution in [0.25, 0.3) is 0 Å². The summed E-state index contributed by atoms with van der Waals surface area (Å²) in [5.41, 5.74) is 1.57. The van der Waals surface area contributed by atoms with E-state index in [0.29, 0.717) is 16.3 Å². The van der Waals surface area contributed by atoms with Crippen molar-refractivity contribution in [1.82, 2.24) is 4.98 Å². The lowest BCUT2D eigenvalue weighted by molar-refractivity contribution is 0.102. The number of benzene rings is 1. The highest BCUT2D eigenvalue weighted by atomic mass is 35.5. The largest absolute Gasteiger partial charge is 0.384 e. The summed E-state index contributed by atoms with van der Waals surface area (Å²) in [6.45, 7) is -0.210. The molecular weight excluding hydrogens is 276 g/mol. The number of nitrogens with zero attached hydrogens (tertiary/aromatic N) is 1. The summed E-state index contributed by atoms with van der Waals surface area (Å²) in [5.74, 6) is 4.91. The molecule has 100 valence electrons. The van der Waals surface area contributed by atoms with E-state index < -0.39 is 0 Å². The number of aromatic nitrogens is 1. The van der Waals surface area contributed by atoms with E-state index in [1.165, 1.54) is 6.20 Å². The predicted octanol–water partition coefficient (Wildman–Crippen LogP) is 2.33. The van der Waals surface area contributed by atoms with Gasteiger partial charge in [-0.1, -0.05) is 23.4 Å². The minimum Gasteiger partial charge on any atom is -0.384 e. The third-order valence-corrected chi connectivity index (χ3v) is 2.66. The van der Waals surface area contributed by atoms with E-state index in [2.05, 4.69) is 22.1 Å². The number of aliphatic hydroxyl groups excluding tert-OH is 1. The van der Waals surface area contributed by atoms with Crippen LogP contribution in [0, 0.1) is 11.8 Å². The number of hydrogen-bond donors (Lipinski definition) is 2. The molecule has 0 spiro atoms. The van der Waals surface area contributed by atoms with Crippen LogP contribution in [0.2, 0.25) is 5.02 Å². The van der Waals surface area contributed by atoms with Gasteiger partial charge in [0.15, 0.2) is 0 Å². The number of aliphatic hydroxyl groups is 1. The normalized spacial score (nSPS) is 9.50. The molecule has 2 rings (SSSR count). The molecule has 0 aliphatic carbocycles. The van der Waals surface area contributed by atoms with Gasteiger partial charge in [-0.2, -0.15) is 0 Å². The molecule has 1 amide bonds. The summed E-state index contributed by atoms with van der Waals surface area (Å²) in [5, 5.41) is 11.9. The first-order valence-electron chi connectivity index (χ1n) is 5.82. The molecule has 0 saturated carbocycles. The second kappa shape index (κ2) is 6.71. The van der Waals surface area contributed by atoms with Crippen LogP contribution in [0.1, 0.15) is 16.1 Å². The highest BCUT2D eigenvalue weighted by Gasteiger charge is 2.07. The summed E-state index contributed by atoms with van der Waals surface area (Å²) in [6, 6.07) is 10.1. The number of anilines is 1. The van der Waals surface area contributed by atoms with E-state index in [-0.39, 0.29) is 18.2 Å². The summed E-state index contributed by atoms with van der Waals surface area (Å²) in [6.07, 6.45) is 1.49. The van der Waals surface area contributed by atoms with E-state index >= 15 is 0 Å². The number of carbonyl (C=O) groups is 1. The van der Waals surface area contributed by atoms with E-state index in [1.54, 1.807) is 36.4 Å². The van der Waals surface area contributed by atoms with Crippen LogP contribution < -0.4 is 5.32 Å². The first-order chi connectivity index (χ1) is 9.69. The van der Waals surface area contributed by atoms with Crippen molar-refractivity contribution in [2.45, 2.75) is 0 Å². The van der Waals surface area contributed by atoms with Gasteiger partial charge in [-0.15, -0.1) is 0 Å². The van der Waals surface area contributed by atoms with E-state index in [1.807, 2.05) is 0 Å². The zero-order valence-corrected chi connectivity index (χ0v) is 11.2. The first kappa shape index (κ1) is 14.1. The molecule has 4 nitrogen and oxygen atoms in total. The molecule has 20 heavy (non-hydrogen) atoms. The van der Waals surface area contributed by atoms with Crippen LogP contribution in [-0.4, -0.2) is 22.6 Å². The number of hydrogen-bond acceptors (Lipinski definition) is 3. The predicted molar refractivity (Wildman–Crippen MR) is 77.6 cm³/mol. The smallest absolute Gasteiger partial charge is 0.274 e. The monoisotopic (exact) mass is 286 g/mol. The van der Waals surface area contributed by atoms with Crippen molar-refractivity contribution in [1.29, 1.82) is 0 Å². The minimum atomic E-state index is -0.311. The Morgan fingerprint density at radius 1 is 1.25 bits per heavy atom. The maximum absolute atomic E-state index is 11.9. The Morgan fingerprint density at radius 2 is 2.00 bits per heavy atom. The molecule has 1 heterocycles. The topological polar surface area (TPSA) is 62.2 Å². The van der Waals surface area contributed by atoms with Crippen molar-refractivity contribution in [3.63, 3.8) is 0 Å². The quantitative estimate of drug-likeness (QED) is 0.833. The van der Waals surface area contributed by atoms with Crippen LogP contribution in [0.15, 0.2) is 42.6 Å². The summed E-state index contributed by atoms with van der Waals surface area (Å²) in [4.78, 5) is 16.0. The molecule has 0 saturated heterocycles. The molecule has 0 fully saturated rings. The standard InChI is InChI=1S/C15H11ClN2O2/c16-12-4-6-13(7-5-12)18-15(20)14-8-3-11(10-17-14)2-1-9-19/h3-8,10,19H,9H2,(H,18,20). The Balaban J connectivity index is 2.07. The second-order valence-corrected chi connectivity index (χ2v) is 4.29. The fourth-order valence-electron chi connectivity index (χ4n) is 1.47. The number of amides is 1. The van der Waals surface area contributed by atoms with Crippen molar-refractivity contribution in [2.75, 3.05) is 11.9 Å². The Kier molecular flexibility index (Phi) is 4.72. The number of rotatable bonds is 2. The van der Waals surface area contributed by atoms with Gasteiger partial charge in [-0.05, 0) is 36.4 Å². The number of pyridine rings is 1. The third kappa shape index (κ3) is 3.82.